The molecular formula is C12H13ClN2O3S. The summed E-state index contributed by atoms with van der Waals surface area (Å²) in [7, 11) is -3.79. The molecule has 1 aromatic carbocycles. The molecule has 1 aliphatic rings. The standard InChI is InChI=1S/C12H13ClN2O3S/c13-10-4-3-9(7-14)12(6-10)19(17,18)15-5-1-2-11(16)8-15/h3-4,6,11,16H,1-2,5,8H2/t11-/m0/s1. The van der Waals surface area contributed by atoms with Gasteiger partial charge in [0.2, 0.25) is 10.0 Å². The van der Waals surface area contributed by atoms with Crippen molar-refractivity contribution in [3.63, 3.8) is 0 Å². The SMILES string of the molecule is N#Cc1ccc(Cl)cc1S(=O)(=O)N1CCC[C@H](O)C1. The van der Waals surface area contributed by atoms with Gasteiger partial charge in [0.25, 0.3) is 0 Å². The lowest BCUT2D eigenvalue weighted by Gasteiger charge is -2.29. The molecule has 1 atom stereocenters. The third-order valence-electron chi connectivity index (χ3n) is 3.04. The molecule has 1 fully saturated rings. The Kier molecular flexibility index (Phi) is 4.11. The van der Waals surface area contributed by atoms with Crippen molar-refractivity contribution in [2.45, 2.75) is 23.8 Å². The van der Waals surface area contributed by atoms with Crippen LogP contribution in [-0.2, 0) is 10.0 Å². The average molecular weight is 301 g/mol. The molecule has 1 aliphatic heterocycles. The number of nitrogens with zero attached hydrogens (tertiary/aromatic N) is 2. The van der Waals surface area contributed by atoms with Crippen LogP contribution in [0.4, 0.5) is 0 Å². The van der Waals surface area contributed by atoms with Gasteiger partial charge in [-0.05, 0) is 31.0 Å². The minimum absolute atomic E-state index is 0.0553. The summed E-state index contributed by atoms with van der Waals surface area (Å²) in [5.74, 6) is 0. The number of hydrogen-bond donors (Lipinski definition) is 1. The second-order valence-electron chi connectivity index (χ2n) is 4.41. The van der Waals surface area contributed by atoms with Crippen molar-refractivity contribution < 1.29 is 13.5 Å². The quantitative estimate of drug-likeness (QED) is 0.894. The van der Waals surface area contributed by atoms with Gasteiger partial charge in [-0.25, -0.2) is 8.42 Å². The molecule has 0 saturated carbocycles. The zero-order chi connectivity index (χ0) is 14.0. The van der Waals surface area contributed by atoms with E-state index >= 15 is 0 Å². The zero-order valence-electron chi connectivity index (χ0n) is 10.1. The Bertz CT molecular complexity index is 624. The smallest absolute Gasteiger partial charge is 0.244 e. The van der Waals surface area contributed by atoms with E-state index in [9.17, 15) is 13.5 Å². The Labute approximate surface area is 117 Å². The predicted molar refractivity (Wildman–Crippen MR) is 70.2 cm³/mol. The molecule has 0 aromatic heterocycles. The molecule has 0 spiro atoms. The molecular weight excluding hydrogens is 288 g/mol. The number of piperidine rings is 1. The number of benzene rings is 1. The predicted octanol–water partition coefficient (Wildman–Crippen LogP) is 1.36. The highest BCUT2D eigenvalue weighted by Gasteiger charge is 2.31. The van der Waals surface area contributed by atoms with Crippen LogP contribution < -0.4 is 0 Å². The molecule has 0 aliphatic carbocycles. The fourth-order valence-electron chi connectivity index (χ4n) is 2.08. The fourth-order valence-corrected chi connectivity index (χ4v) is 4.00. The molecule has 19 heavy (non-hydrogen) atoms. The van der Waals surface area contributed by atoms with E-state index in [4.69, 9.17) is 16.9 Å². The fraction of sp³-hybridized carbons (Fsp3) is 0.417. The van der Waals surface area contributed by atoms with Gasteiger partial charge in [-0.1, -0.05) is 11.6 Å². The van der Waals surface area contributed by atoms with Gasteiger partial charge in [-0.3, -0.25) is 0 Å². The van der Waals surface area contributed by atoms with Gasteiger partial charge < -0.3 is 5.11 Å². The van der Waals surface area contributed by atoms with Gasteiger partial charge >= 0.3 is 0 Å². The first-order chi connectivity index (χ1) is 8.95. The molecule has 1 saturated heterocycles. The van der Waals surface area contributed by atoms with E-state index in [1.165, 1.54) is 22.5 Å². The molecule has 1 heterocycles. The molecule has 7 heteroatoms. The number of aliphatic hydroxyl groups excluding tert-OH is 1. The van der Waals surface area contributed by atoms with E-state index in [1.807, 2.05) is 6.07 Å². The second-order valence-corrected chi connectivity index (χ2v) is 6.75. The Morgan fingerprint density at radius 2 is 2.21 bits per heavy atom. The summed E-state index contributed by atoms with van der Waals surface area (Å²) in [6, 6.07) is 5.99. The minimum atomic E-state index is -3.79. The van der Waals surface area contributed by atoms with Crippen molar-refractivity contribution in [2.24, 2.45) is 0 Å². The van der Waals surface area contributed by atoms with E-state index in [0.29, 0.717) is 19.4 Å². The summed E-state index contributed by atoms with van der Waals surface area (Å²) in [6.45, 7) is 0.399. The lowest BCUT2D eigenvalue weighted by atomic mass is 10.1. The normalized spacial score (nSPS) is 21.0. The maximum atomic E-state index is 12.5. The lowest BCUT2D eigenvalue weighted by molar-refractivity contribution is 0.108. The highest BCUT2D eigenvalue weighted by Crippen LogP contribution is 2.26. The van der Waals surface area contributed by atoms with Crippen molar-refractivity contribution in [2.75, 3.05) is 13.1 Å². The van der Waals surface area contributed by atoms with Crippen LogP contribution in [0.1, 0.15) is 18.4 Å². The Balaban J connectivity index is 2.45. The van der Waals surface area contributed by atoms with E-state index in [-0.39, 0.29) is 22.0 Å². The van der Waals surface area contributed by atoms with E-state index in [0.717, 1.165) is 0 Å². The third kappa shape index (κ3) is 2.90. The summed E-state index contributed by atoms with van der Waals surface area (Å²) >= 11 is 5.81. The van der Waals surface area contributed by atoms with Crippen LogP contribution in [0.3, 0.4) is 0 Å². The maximum absolute atomic E-state index is 12.5. The Hall–Kier alpha value is -1.13. The largest absolute Gasteiger partial charge is 0.392 e. The Morgan fingerprint density at radius 1 is 1.47 bits per heavy atom. The number of rotatable bonds is 2. The number of aliphatic hydroxyl groups is 1. The van der Waals surface area contributed by atoms with Crippen molar-refractivity contribution in [3.05, 3.63) is 28.8 Å². The average Bonchev–Trinajstić information content (AvgIpc) is 2.38. The van der Waals surface area contributed by atoms with Gasteiger partial charge in [0.1, 0.15) is 11.0 Å². The third-order valence-corrected chi connectivity index (χ3v) is 5.18. The minimum Gasteiger partial charge on any atom is -0.392 e. The number of β-amino-alcohol motifs (C(OH)–C–C–N with tert-alkyl or cyclic N) is 1. The van der Waals surface area contributed by atoms with Crippen LogP contribution in [0.2, 0.25) is 5.02 Å². The molecule has 2 rings (SSSR count). The van der Waals surface area contributed by atoms with Gasteiger partial charge in [0.15, 0.2) is 0 Å². The van der Waals surface area contributed by atoms with E-state index < -0.39 is 16.1 Å². The first-order valence-corrected chi connectivity index (χ1v) is 7.65. The highest BCUT2D eigenvalue weighted by atomic mass is 35.5. The molecule has 5 nitrogen and oxygen atoms in total. The Morgan fingerprint density at radius 3 is 2.84 bits per heavy atom. The molecule has 0 bridgehead atoms. The summed E-state index contributed by atoms with van der Waals surface area (Å²) < 4.78 is 26.1. The topological polar surface area (TPSA) is 81.4 Å². The summed E-state index contributed by atoms with van der Waals surface area (Å²) in [6.07, 6.45) is 0.531. The van der Waals surface area contributed by atoms with Crippen molar-refractivity contribution in [3.8, 4) is 6.07 Å². The van der Waals surface area contributed by atoms with Crippen LogP contribution in [0, 0.1) is 11.3 Å². The number of sulfonamides is 1. The molecule has 0 unspecified atom stereocenters. The van der Waals surface area contributed by atoms with E-state index in [2.05, 4.69) is 0 Å². The second kappa shape index (κ2) is 5.47. The van der Waals surface area contributed by atoms with Crippen molar-refractivity contribution in [1.82, 2.24) is 4.31 Å². The van der Waals surface area contributed by atoms with Crippen molar-refractivity contribution in [1.29, 1.82) is 5.26 Å². The van der Waals surface area contributed by atoms with Gasteiger partial charge in [-0.15, -0.1) is 0 Å². The number of halogens is 1. The summed E-state index contributed by atoms with van der Waals surface area (Å²) in [4.78, 5) is -0.100. The number of nitriles is 1. The van der Waals surface area contributed by atoms with Gasteiger partial charge in [0.05, 0.1) is 11.7 Å². The molecule has 102 valence electrons. The zero-order valence-corrected chi connectivity index (χ0v) is 11.7. The first kappa shape index (κ1) is 14.3. The lowest BCUT2D eigenvalue weighted by Crippen LogP contribution is -2.42. The maximum Gasteiger partial charge on any atom is 0.244 e. The van der Waals surface area contributed by atoms with Crippen LogP contribution >= 0.6 is 11.6 Å². The van der Waals surface area contributed by atoms with Crippen LogP contribution in [0.25, 0.3) is 0 Å². The van der Waals surface area contributed by atoms with Gasteiger partial charge in [-0.2, -0.15) is 9.57 Å². The summed E-state index contributed by atoms with van der Waals surface area (Å²) in [5, 5.41) is 18.8. The molecule has 1 aromatic rings. The van der Waals surface area contributed by atoms with Crippen LogP contribution in [-0.4, -0.2) is 37.0 Å². The molecule has 1 N–H and O–H groups in total. The highest BCUT2D eigenvalue weighted by molar-refractivity contribution is 7.89. The summed E-state index contributed by atoms with van der Waals surface area (Å²) in [5.41, 5.74) is 0.0597. The number of hydrogen-bond acceptors (Lipinski definition) is 4. The van der Waals surface area contributed by atoms with Crippen LogP contribution in [0.15, 0.2) is 23.1 Å². The van der Waals surface area contributed by atoms with Crippen LogP contribution in [0.5, 0.6) is 0 Å². The van der Waals surface area contributed by atoms with Crippen molar-refractivity contribution >= 4 is 21.6 Å². The van der Waals surface area contributed by atoms with E-state index in [1.54, 1.807) is 0 Å². The first-order valence-electron chi connectivity index (χ1n) is 5.83. The molecule has 0 radical (unpaired) electrons. The molecule has 0 amide bonds. The van der Waals surface area contributed by atoms with Gasteiger partial charge in [0, 0.05) is 18.1 Å². The monoisotopic (exact) mass is 300 g/mol.